The van der Waals surface area contributed by atoms with Crippen molar-refractivity contribution < 1.29 is 4.79 Å². The molecule has 28 heavy (non-hydrogen) atoms. The Hall–Kier alpha value is -3.51. The summed E-state index contributed by atoms with van der Waals surface area (Å²) in [5, 5.41) is 11.5. The number of rotatable bonds is 4. The number of fused-ring (bicyclic) bond motifs is 2. The molecule has 0 unspecified atom stereocenters. The van der Waals surface area contributed by atoms with Crippen LogP contribution in [0, 0.1) is 0 Å². The number of amides is 1. The van der Waals surface area contributed by atoms with Crippen molar-refractivity contribution in [2.75, 3.05) is 5.32 Å². The minimum Gasteiger partial charge on any atom is -0.293 e. The Morgan fingerprint density at radius 1 is 0.964 bits per heavy atom. The Morgan fingerprint density at radius 2 is 1.75 bits per heavy atom. The van der Waals surface area contributed by atoms with Crippen molar-refractivity contribution >= 4 is 38.9 Å². The molecule has 5 rings (SSSR count). The minimum absolute atomic E-state index is 0.129. The molecular formula is C22H16N4OS. The number of benzene rings is 3. The van der Waals surface area contributed by atoms with Gasteiger partial charge in [0, 0.05) is 10.9 Å². The van der Waals surface area contributed by atoms with Gasteiger partial charge in [-0.1, -0.05) is 72.8 Å². The molecular weight excluding hydrogens is 368 g/mol. The van der Waals surface area contributed by atoms with Crippen LogP contribution in [0.4, 0.5) is 5.95 Å². The lowest BCUT2D eigenvalue weighted by Gasteiger charge is -2.06. The minimum atomic E-state index is -0.129. The molecule has 0 aliphatic heterocycles. The molecule has 0 saturated heterocycles. The second-order valence-electron chi connectivity index (χ2n) is 6.48. The molecule has 1 N–H and O–H groups in total. The molecule has 0 bridgehead atoms. The van der Waals surface area contributed by atoms with Gasteiger partial charge in [-0.3, -0.25) is 10.1 Å². The van der Waals surface area contributed by atoms with Crippen molar-refractivity contribution in [2.45, 2.75) is 6.42 Å². The Kier molecular flexibility index (Phi) is 4.10. The van der Waals surface area contributed by atoms with Crippen LogP contribution >= 0.6 is 11.3 Å². The smallest absolute Gasteiger partial charge is 0.250 e. The molecule has 0 radical (unpaired) electrons. The summed E-state index contributed by atoms with van der Waals surface area (Å²) in [5.41, 5.74) is 3.01. The van der Waals surface area contributed by atoms with Gasteiger partial charge < -0.3 is 0 Å². The highest BCUT2D eigenvalue weighted by Crippen LogP contribution is 2.25. The molecule has 5 aromatic rings. The average Bonchev–Trinajstić information content (AvgIpc) is 3.29. The first-order chi connectivity index (χ1) is 13.8. The average molecular weight is 384 g/mol. The third kappa shape index (κ3) is 3.04. The number of hydrogen-bond acceptors (Lipinski definition) is 4. The molecule has 0 atom stereocenters. The molecule has 0 aliphatic rings. The van der Waals surface area contributed by atoms with Crippen LogP contribution in [0.1, 0.15) is 5.56 Å². The number of nitrogens with one attached hydrogen (secondary N) is 1. The van der Waals surface area contributed by atoms with Crippen molar-refractivity contribution in [1.82, 2.24) is 14.6 Å². The second kappa shape index (κ2) is 6.90. The van der Waals surface area contributed by atoms with Crippen LogP contribution in [0.2, 0.25) is 0 Å². The van der Waals surface area contributed by atoms with Gasteiger partial charge in [-0.15, -0.1) is 16.4 Å². The van der Waals surface area contributed by atoms with E-state index in [0.29, 0.717) is 5.95 Å². The van der Waals surface area contributed by atoms with Crippen molar-refractivity contribution in [3.63, 3.8) is 0 Å². The fraction of sp³-hybridized carbons (Fsp3) is 0.0455. The summed E-state index contributed by atoms with van der Waals surface area (Å²) in [7, 11) is 0. The molecule has 0 aliphatic carbocycles. The highest BCUT2D eigenvalue weighted by atomic mass is 32.1. The lowest BCUT2D eigenvalue weighted by Crippen LogP contribution is -2.15. The summed E-state index contributed by atoms with van der Waals surface area (Å²) >= 11 is 1.50. The van der Waals surface area contributed by atoms with E-state index in [4.69, 9.17) is 0 Å². The molecule has 1 amide bonds. The van der Waals surface area contributed by atoms with Crippen LogP contribution in [-0.4, -0.2) is 20.5 Å². The number of aromatic nitrogens is 3. The second-order valence-corrected chi connectivity index (χ2v) is 7.32. The maximum absolute atomic E-state index is 12.6. The molecule has 0 saturated carbocycles. The van der Waals surface area contributed by atoms with Gasteiger partial charge in [0.25, 0.3) is 0 Å². The van der Waals surface area contributed by atoms with Gasteiger partial charge in [0.05, 0.1) is 12.1 Å². The summed E-state index contributed by atoms with van der Waals surface area (Å²) < 4.78 is 1.77. The van der Waals surface area contributed by atoms with E-state index in [1.165, 1.54) is 11.3 Å². The number of hydrogen-bond donors (Lipinski definition) is 1. The summed E-state index contributed by atoms with van der Waals surface area (Å²) in [6.07, 6.45) is 0.278. The fourth-order valence-corrected chi connectivity index (χ4v) is 4.16. The van der Waals surface area contributed by atoms with E-state index in [1.807, 2.05) is 78.2 Å². The van der Waals surface area contributed by atoms with Crippen molar-refractivity contribution in [2.24, 2.45) is 0 Å². The Morgan fingerprint density at radius 3 is 2.64 bits per heavy atom. The van der Waals surface area contributed by atoms with Gasteiger partial charge in [0.2, 0.25) is 16.8 Å². The lowest BCUT2D eigenvalue weighted by molar-refractivity contribution is -0.115. The Balaban J connectivity index is 1.39. The van der Waals surface area contributed by atoms with E-state index < -0.39 is 0 Å². The van der Waals surface area contributed by atoms with Crippen molar-refractivity contribution in [3.8, 4) is 11.3 Å². The van der Waals surface area contributed by atoms with Crippen molar-refractivity contribution in [1.29, 1.82) is 0 Å². The van der Waals surface area contributed by atoms with Gasteiger partial charge in [-0.25, -0.2) is 4.52 Å². The topological polar surface area (TPSA) is 59.3 Å². The number of anilines is 1. The predicted molar refractivity (Wildman–Crippen MR) is 113 cm³/mol. The molecule has 0 fully saturated rings. The van der Waals surface area contributed by atoms with Gasteiger partial charge >= 0.3 is 0 Å². The van der Waals surface area contributed by atoms with Crippen LogP contribution in [0.5, 0.6) is 0 Å². The zero-order valence-electron chi connectivity index (χ0n) is 14.9. The maximum atomic E-state index is 12.6. The number of carbonyl (C=O) groups is 1. The molecule has 6 heteroatoms. The third-order valence-corrected chi connectivity index (χ3v) is 5.45. The van der Waals surface area contributed by atoms with Crippen LogP contribution < -0.4 is 5.32 Å². The van der Waals surface area contributed by atoms with E-state index in [1.54, 1.807) is 4.52 Å². The summed E-state index contributed by atoms with van der Waals surface area (Å²) in [5.74, 6) is 0.199. The largest absolute Gasteiger partial charge is 0.293 e. The quantitative estimate of drug-likeness (QED) is 0.485. The van der Waals surface area contributed by atoms with Crippen LogP contribution in [0.25, 0.3) is 27.0 Å². The number of nitrogens with zero attached hydrogens (tertiary/aromatic N) is 3. The van der Waals surface area contributed by atoms with Gasteiger partial charge in [-0.05, 0) is 16.3 Å². The molecule has 0 spiro atoms. The molecule has 2 aromatic heterocycles. The number of thiazole rings is 1. The van der Waals surface area contributed by atoms with Crippen LogP contribution in [0.15, 0.2) is 78.2 Å². The molecule has 136 valence electrons. The van der Waals surface area contributed by atoms with Crippen LogP contribution in [-0.2, 0) is 11.2 Å². The maximum Gasteiger partial charge on any atom is 0.250 e. The molecule has 3 aromatic carbocycles. The van der Waals surface area contributed by atoms with Gasteiger partial charge in [0.1, 0.15) is 0 Å². The first kappa shape index (κ1) is 16.6. The molecule has 2 heterocycles. The first-order valence-corrected chi connectivity index (χ1v) is 9.82. The Labute approximate surface area is 165 Å². The van der Waals surface area contributed by atoms with E-state index in [0.717, 1.165) is 32.6 Å². The number of carbonyl (C=O) groups excluding carboxylic acids is 1. The predicted octanol–water partition coefficient (Wildman–Crippen LogP) is 4.79. The summed E-state index contributed by atoms with van der Waals surface area (Å²) in [4.78, 5) is 17.8. The van der Waals surface area contributed by atoms with Gasteiger partial charge in [-0.2, -0.15) is 4.98 Å². The van der Waals surface area contributed by atoms with Crippen molar-refractivity contribution in [3.05, 3.63) is 83.7 Å². The van der Waals surface area contributed by atoms with Crippen LogP contribution in [0.3, 0.4) is 0 Å². The zero-order valence-corrected chi connectivity index (χ0v) is 15.7. The zero-order chi connectivity index (χ0) is 18.9. The normalized spacial score (nSPS) is 11.1. The summed E-state index contributed by atoms with van der Waals surface area (Å²) in [6.45, 7) is 0. The van der Waals surface area contributed by atoms with E-state index in [-0.39, 0.29) is 12.3 Å². The van der Waals surface area contributed by atoms with E-state index >= 15 is 0 Å². The fourth-order valence-electron chi connectivity index (χ4n) is 3.33. The first-order valence-electron chi connectivity index (χ1n) is 8.94. The highest BCUT2D eigenvalue weighted by Gasteiger charge is 2.14. The SMILES string of the molecule is O=C(Cc1cccc2ccccc12)Nc1nc2scc(-c3ccccc3)n2n1. The highest BCUT2D eigenvalue weighted by molar-refractivity contribution is 7.15. The molecule has 5 nitrogen and oxygen atoms in total. The van der Waals surface area contributed by atoms with E-state index in [9.17, 15) is 4.79 Å². The Bertz CT molecular complexity index is 1280. The monoisotopic (exact) mass is 384 g/mol. The standard InChI is InChI=1S/C22H16N4OS/c27-20(13-17-11-6-10-15-7-4-5-12-18(15)17)23-21-24-22-26(25-21)19(14-28-22)16-8-2-1-3-9-16/h1-12,14H,13H2,(H,23,25,27). The lowest BCUT2D eigenvalue weighted by atomic mass is 10.0. The van der Waals surface area contributed by atoms with Gasteiger partial charge in [0.15, 0.2) is 0 Å². The summed E-state index contributed by atoms with van der Waals surface area (Å²) in [6, 6.07) is 24.1. The third-order valence-electron chi connectivity index (χ3n) is 4.63. The van der Waals surface area contributed by atoms with E-state index in [2.05, 4.69) is 15.4 Å².